The van der Waals surface area contributed by atoms with Gasteiger partial charge in [0.15, 0.2) is 0 Å². The molecule has 7 heteroatoms. The highest BCUT2D eigenvalue weighted by molar-refractivity contribution is 5.94. The van der Waals surface area contributed by atoms with Crippen molar-refractivity contribution in [2.24, 2.45) is 11.7 Å². The normalized spacial score (nSPS) is 10.6. The van der Waals surface area contributed by atoms with Gasteiger partial charge in [-0.1, -0.05) is 13.8 Å². The molecule has 82 valence electrons. The van der Waals surface area contributed by atoms with Crippen LogP contribution in [0.1, 0.15) is 24.3 Å². The van der Waals surface area contributed by atoms with Crippen molar-refractivity contribution >= 4 is 11.6 Å². The molecule has 1 aromatic heterocycles. The van der Waals surface area contributed by atoms with E-state index in [2.05, 4.69) is 5.10 Å². The lowest BCUT2D eigenvalue weighted by molar-refractivity contribution is -0.385. The largest absolute Gasteiger partial charge is 0.364 e. The fourth-order valence-corrected chi connectivity index (χ4v) is 1.19. The summed E-state index contributed by atoms with van der Waals surface area (Å²) in [5.74, 6) is -0.602. The Labute approximate surface area is 86.0 Å². The van der Waals surface area contributed by atoms with E-state index in [9.17, 15) is 14.9 Å². The first kappa shape index (κ1) is 11.2. The Balaban J connectivity index is 3.09. The Morgan fingerprint density at radius 1 is 1.73 bits per heavy atom. The maximum atomic E-state index is 10.9. The molecule has 2 N–H and O–H groups in total. The lowest BCUT2D eigenvalue weighted by atomic mass is 10.2. The summed E-state index contributed by atoms with van der Waals surface area (Å²) in [5, 5.41) is 14.3. The van der Waals surface area contributed by atoms with Crippen LogP contribution in [0.4, 0.5) is 5.69 Å². The fraction of sp³-hybridized carbons (Fsp3) is 0.500. The van der Waals surface area contributed by atoms with Gasteiger partial charge in [-0.3, -0.25) is 19.6 Å². The van der Waals surface area contributed by atoms with Crippen LogP contribution in [0, 0.1) is 16.0 Å². The first-order chi connectivity index (χ1) is 6.91. The average molecular weight is 212 g/mol. The third kappa shape index (κ3) is 2.52. The minimum absolute atomic E-state index is 0.283. The van der Waals surface area contributed by atoms with E-state index in [1.165, 1.54) is 10.9 Å². The molecule has 15 heavy (non-hydrogen) atoms. The van der Waals surface area contributed by atoms with E-state index in [1.807, 2.05) is 13.8 Å². The van der Waals surface area contributed by atoms with E-state index in [4.69, 9.17) is 5.73 Å². The van der Waals surface area contributed by atoms with E-state index in [0.29, 0.717) is 6.54 Å². The van der Waals surface area contributed by atoms with Gasteiger partial charge in [-0.25, -0.2) is 0 Å². The third-order valence-corrected chi connectivity index (χ3v) is 1.72. The van der Waals surface area contributed by atoms with Gasteiger partial charge in [0, 0.05) is 6.54 Å². The number of rotatable bonds is 4. The van der Waals surface area contributed by atoms with Gasteiger partial charge < -0.3 is 5.73 Å². The zero-order valence-corrected chi connectivity index (χ0v) is 8.51. The van der Waals surface area contributed by atoms with Gasteiger partial charge in [-0.2, -0.15) is 5.10 Å². The van der Waals surface area contributed by atoms with E-state index in [-0.39, 0.29) is 17.3 Å². The first-order valence-electron chi connectivity index (χ1n) is 4.43. The molecule has 0 unspecified atom stereocenters. The van der Waals surface area contributed by atoms with Gasteiger partial charge in [0.1, 0.15) is 6.20 Å². The van der Waals surface area contributed by atoms with Gasteiger partial charge in [0.05, 0.1) is 4.92 Å². The van der Waals surface area contributed by atoms with Crippen molar-refractivity contribution in [2.75, 3.05) is 0 Å². The minimum Gasteiger partial charge on any atom is -0.364 e. The summed E-state index contributed by atoms with van der Waals surface area (Å²) in [5.41, 5.74) is 4.34. The molecule has 0 radical (unpaired) electrons. The predicted octanol–water partition coefficient (Wildman–Crippen LogP) is 0.546. The molecule has 0 fully saturated rings. The summed E-state index contributed by atoms with van der Waals surface area (Å²) in [4.78, 5) is 20.8. The molecule has 7 nitrogen and oxygen atoms in total. The molecular weight excluding hydrogens is 200 g/mol. The molecule has 1 amide bonds. The summed E-state index contributed by atoms with van der Waals surface area (Å²) >= 11 is 0. The van der Waals surface area contributed by atoms with E-state index in [0.717, 1.165) is 0 Å². The highest BCUT2D eigenvalue weighted by Crippen LogP contribution is 2.16. The number of amides is 1. The van der Waals surface area contributed by atoms with Crippen LogP contribution >= 0.6 is 0 Å². The van der Waals surface area contributed by atoms with Crippen molar-refractivity contribution in [3.8, 4) is 0 Å². The predicted molar refractivity (Wildman–Crippen MR) is 52.2 cm³/mol. The number of carbonyl (C=O) groups excluding carboxylic acids is 1. The van der Waals surface area contributed by atoms with Crippen molar-refractivity contribution in [3.63, 3.8) is 0 Å². The maximum absolute atomic E-state index is 10.9. The topological polar surface area (TPSA) is 104 Å². The van der Waals surface area contributed by atoms with Crippen LogP contribution in [0.3, 0.4) is 0 Å². The highest BCUT2D eigenvalue weighted by atomic mass is 16.6. The van der Waals surface area contributed by atoms with E-state index < -0.39 is 10.8 Å². The zero-order chi connectivity index (χ0) is 11.6. The third-order valence-electron chi connectivity index (χ3n) is 1.72. The number of nitrogens with zero attached hydrogens (tertiary/aromatic N) is 3. The highest BCUT2D eigenvalue weighted by Gasteiger charge is 2.23. The average Bonchev–Trinajstić information content (AvgIpc) is 2.46. The van der Waals surface area contributed by atoms with Gasteiger partial charge in [-0.05, 0) is 5.92 Å². The molecular formula is C8H12N4O3. The van der Waals surface area contributed by atoms with Gasteiger partial charge in [0.25, 0.3) is 5.91 Å². The Morgan fingerprint density at radius 2 is 2.33 bits per heavy atom. The summed E-state index contributed by atoms with van der Waals surface area (Å²) in [6.45, 7) is 4.39. The van der Waals surface area contributed by atoms with Crippen molar-refractivity contribution in [1.82, 2.24) is 9.78 Å². The Kier molecular flexibility index (Phi) is 3.03. The minimum atomic E-state index is -0.885. The second-order valence-electron chi connectivity index (χ2n) is 3.60. The summed E-state index contributed by atoms with van der Waals surface area (Å²) in [6.07, 6.45) is 1.22. The second-order valence-corrected chi connectivity index (χ2v) is 3.60. The molecule has 0 aromatic carbocycles. The van der Waals surface area contributed by atoms with Crippen LogP contribution < -0.4 is 5.73 Å². The monoisotopic (exact) mass is 212 g/mol. The van der Waals surface area contributed by atoms with Crippen LogP contribution in [-0.4, -0.2) is 20.6 Å². The molecule has 1 heterocycles. The summed E-state index contributed by atoms with van der Waals surface area (Å²) in [6, 6.07) is 0. The number of hydrogen-bond acceptors (Lipinski definition) is 4. The van der Waals surface area contributed by atoms with Crippen LogP contribution in [0.5, 0.6) is 0 Å². The molecule has 0 saturated carbocycles. The smallest absolute Gasteiger partial charge is 0.320 e. The summed E-state index contributed by atoms with van der Waals surface area (Å²) < 4.78 is 1.36. The van der Waals surface area contributed by atoms with Gasteiger partial charge in [0.2, 0.25) is 5.69 Å². The number of carbonyl (C=O) groups is 1. The van der Waals surface area contributed by atoms with Gasteiger partial charge >= 0.3 is 5.69 Å². The van der Waals surface area contributed by atoms with Crippen LogP contribution in [0.2, 0.25) is 0 Å². The number of primary amides is 1. The van der Waals surface area contributed by atoms with Crippen LogP contribution in [0.25, 0.3) is 0 Å². The second kappa shape index (κ2) is 4.07. The first-order valence-corrected chi connectivity index (χ1v) is 4.43. The van der Waals surface area contributed by atoms with Crippen molar-refractivity contribution < 1.29 is 9.72 Å². The molecule has 0 spiro atoms. The zero-order valence-electron chi connectivity index (χ0n) is 8.51. The maximum Gasteiger partial charge on any atom is 0.320 e. The molecule has 1 rings (SSSR count). The fourth-order valence-electron chi connectivity index (χ4n) is 1.19. The molecule has 0 aliphatic rings. The molecule has 0 atom stereocenters. The Bertz CT molecular complexity index is 365. The number of nitro groups is 1. The van der Waals surface area contributed by atoms with Crippen molar-refractivity contribution in [3.05, 3.63) is 22.0 Å². The summed E-state index contributed by atoms with van der Waals surface area (Å²) in [7, 11) is 0. The molecule has 1 aromatic rings. The lowest BCUT2D eigenvalue weighted by Gasteiger charge is -2.02. The number of nitrogens with two attached hydrogens (primary N) is 1. The lowest BCUT2D eigenvalue weighted by Crippen LogP contribution is -2.14. The van der Waals surface area contributed by atoms with Gasteiger partial charge in [-0.15, -0.1) is 0 Å². The Hall–Kier alpha value is -1.92. The number of hydrogen-bond donors (Lipinski definition) is 1. The number of aromatic nitrogens is 2. The quantitative estimate of drug-likeness (QED) is 0.581. The standard InChI is InChI=1S/C8H12N4O3/c1-5(2)3-11-4-6(12(14)15)7(10-11)8(9)13/h4-5H,3H2,1-2H3,(H2,9,13). The van der Waals surface area contributed by atoms with Crippen LogP contribution in [0.15, 0.2) is 6.20 Å². The molecule has 0 saturated heterocycles. The van der Waals surface area contributed by atoms with Crippen molar-refractivity contribution in [1.29, 1.82) is 0 Å². The molecule has 0 bridgehead atoms. The van der Waals surface area contributed by atoms with Crippen LogP contribution in [-0.2, 0) is 6.54 Å². The van der Waals surface area contributed by atoms with Crippen molar-refractivity contribution in [2.45, 2.75) is 20.4 Å². The SMILES string of the molecule is CC(C)Cn1cc([N+](=O)[O-])c(C(N)=O)n1. The van der Waals surface area contributed by atoms with E-state index >= 15 is 0 Å². The molecule has 0 aliphatic carbocycles. The van der Waals surface area contributed by atoms with E-state index in [1.54, 1.807) is 0 Å². The Morgan fingerprint density at radius 3 is 2.67 bits per heavy atom. The molecule has 0 aliphatic heterocycles.